The summed E-state index contributed by atoms with van der Waals surface area (Å²) in [5.74, 6) is 0.500. The summed E-state index contributed by atoms with van der Waals surface area (Å²) >= 11 is 0. The number of aromatic nitrogens is 3. The summed E-state index contributed by atoms with van der Waals surface area (Å²) in [5, 5.41) is 4.45. The van der Waals surface area contributed by atoms with Crippen LogP contribution in [0.3, 0.4) is 0 Å². The lowest BCUT2D eigenvalue weighted by molar-refractivity contribution is 0.112. The van der Waals surface area contributed by atoms with E-state index in [1.165, 1.54) is 0 Å². The number of hydrogen-bond acceptors (Lipinski definition) is 3. The highest BCUT2D eigenvalue weighted by Gasteiger charge is 2.10. The molecule has 0 bridgehead atoms. The van der Waals surface area contributed by atoms with Crippen LogP contribution in [0, 0.1) is 5.92 Å². The maximum atomic E-state index is 11.0. The highest BCUT2D eigenvalue weighted by molar-refractivity contribution is 5.85. The molecule has 2 aromatic rings. The van der Waals surface area contributed by atoms with Gasteiger partial charge in [-0.2, -0.15) is 5.10 Å². The van der Waals surface area contributed by atoms with Crippen molar-refractivity contribution in [2.24, 2.45) is 5.92 Å². The second kappa shape index (κ2) is 4.91. The number of hydrogen-bond donors (Lipinski definition) is 0. The van der Waals surface area contributed by atoms with Crippen LogP contribution >= 0.6 is 0 Å². The van der Waals surface area contributed by atoms with E-state index < -0.39 is 0 Å². The number of carbonyl (C=O) groups excluding carboxylic acids is 1. The summed E-state index contributed by atoms with van der Waals surface area (Å²) in [6.07, 6.45) is 6.04. The van der Waals surface area contributed by atoms with Crippen molar-refractivity contribution in [1.29, 1.82) is 0 Å². The summed E-state index contributed by atoms with van der Waals surface area (Å²) in [6.45, 7) is 5.05. The van der Waals surface area contributed by atoms with Crippen molar-refractivity contribution in [3.63, 3.8) is 0 Å². The second-order valence-corrected chi connectivity index (χ2v) is 4.40. The minimum atomic E-state index is 0.500. The van der Waals surface area contributed by atoms with Crippen molar-refractivity contribution in [3.05, 3.63) is 36.3 Å². The Hall–Kier alpha value is -1.97. The van der Waals surface area contributed by atoms with Crippen LogP contribution in [0.1, 0.15) is 24.2 Å². The van der Waals surface area contributed by atoms with E-state index in [-0.39, 0.29) is 0 Å². The monoisotopic (exact) mass is 229 g/mol. The van der Waals surface area contributed by atoms with E-state index in [0.29, 0.717) is 11.5 Å². The zero-order chi connectivity index (χ0) is 12.3. The van der Waals surface area contributed by atoms with E-state index in [1.54, 1.807) is 18.6 Å². The van der Waals surface area contributed by atoms with Gasteiger partial charge in [-0.3, -0.25) is 14.5 Å². The van der Waals surface area contributed by atoms with Gasteiger partial charge < -0.3 is 0 Å². The predicted molar refractivity (Wildman–Crippen MR) is 65.7 cm³/mol. The molecular weight excluding hydrogens is 214 g/mol. The average Bonchev–Trinajstić information content (AvgIpc) is 2.72. The van der Waals surface area contributed by atoms with Crippen molar-refractivity contribution < 1.29 is 4.79 Å². The van der Waals surface area contributed by atoms with Crippen LogP contribution in [0.25, 0.3) is 11.3 Å². The number of carbonyl (C=O) groups is 1. The van der Waals surface area contributed by atoms with Gasteiger partial charge in [0.15, 0.2) is 6.29 Å². The van der Waals surface area contributed by atoms with Gasteiger partial charge in [-0.15, -0.1) is 0 Å². The van der Waals surface area contributed by atoms with Gasteiger partial charge >= 0.3 is 0 Å². The van der Waals surface area contributed by atoms with Gasteiger partial charge in [0.1, 0.15) is 5.69 Å². The molecule has 0 atom stereocenters. The first-order valence-electron chi connectivity index (χ1n) is 5.63. The molecule has 0 N–H and O–H groups in total. The molecule has 2 aromatic heterocycles. The fourth-order valence-electron chi connectivity index (χ4n) is 1.72. The largest absolute Gasteiger partial charge is 0.298 e. The molecule has 0 aromatic carbocycles. The summed E-state index contributed by atoms with van der Waals surface area (Å²) in [5.41, 5.74) is 2.27. The Morgan fingerprint density at radius 1 is 1.35 bits per heavy atom. The maximum Gasteiger partial charge on any atom is 0.153 e. The Morgan fingerprint density at radius 2 is 2.06 bits per heavy atom. The molecule has 4 heteroatoms. The van der Waals surface area contributed by atoms with E-state index in [4.69, 9.17) is 0 Å². The third-order valence-electron chi connectivity index (χ3n) is 2.42. The molecule has 0 spiro atoms. The molecule has 2 rings (SSSR count). The molecule has 4 nitrogen and oxygen atoms in total. The number of pyridine rings is 1. The minimum Gasteiger partial charge on any atom is -0.298 e. The Bertz CT molecular complexity index is 503. The maximum absolute atomic E-state index is 11.0. The lowest BCUT2D eigenvalue weighted by Gasteiger charge is -2.03. The topological polar surface area (TPSA) is 47.8 Å². The summed E-state index contributed by atoms with van der Waals surface area (Å²) in [7, 11) is 0. The van der Waals surface area contributed by atoms with Gasteiger partial charge in [0.25, 0.3) is 0 Å². The van der Waals surface area contributed by atoms with Crippen LogP contribution in [-0.2, 0) is 6.54 Å². The summed E-state index contributed by atoms with van der Waals surface area (Å²) in [6, 6.07) is 3.71. The lowest BCUT2D eigenvalue weighted by Crippen LogP contribution is -2.04. The molecule has 0 aliphatic heterocycles. The van der Waals surface area contributed by atoms with Crippen molar-refractivity contribution in [1.82, 2.24) is 14.8 Å². The van der Waals surface area contributed by atoms with Gasteiger partial charge in [-0.25, -0.2) is 0 Å². The van der Waals surface area contributed by atoms with E-state index in [2.05, 4.69) is 23.9 Å². The second-order valence-electron chi connectivity index (χ2n) is 4.40. The minimum absolute atomic E-state index is 0.500. The smallest absolute Gasteiger partial charge is 0.153 e. The third kappa shape index (κ3) is 2.58. The van der Waals surface area contributed by atoms with Crippen LogP contribution in [0.15, 0.2) is 30.7 Å². The summed E-state index contributed by atoms with van der Waals surface area (Å²) < 4.78 is 1.82. The van der Waals surface area contributed by atoms with Crippen LogP contribution in [0.4, 0.5) is 0 Å². The quantitative estimate of drug-likeness (QED) is 0.756. The van der Waals surface area contributed by atoms with Crippen LogP contribution in [0.5, 0.6) is 0 Å². The molecule has 0 amide bonds. The lowest BCUT2D eigenvalue weighted by atomic mass is 10.1. The number of rotatable bonds is 4. The SMILES string of the molecule is CC(C)Cn1cc(C=O)c(-c2ccncc2)n1. The Labute approximate surface area is 100 Å². The molecule has 2 heterocycles. The number of nitrogens with zero attached hydrogens (tertiary/aromatic N) is 3. The van der Waals surface area contributed by atoms with Crippen molar-refractivity contribution in [2.45, 2.75) is 20.4 Å². The molecule has 0 unspecified atom stereocenters. The van der Waals surface area contributed by atoms with Crippen LogP contribution < -0.4 is 0 Å². The highest BCUT2D eigenvalue weighted by Crippen LogP contribution is 2.20. The average molecular weight is 229 g/mol. The molecule has 0 saturated carbocycles. The molecule has 0 aliphatic carbocycles. The Morgan fingerprint density at radius 3 is 2.65 bits per heavy atom. The normalized spacial score (nSPS) is 10.8. The molecule has 0 fully saturated rings. The molecule has 0 radical (unpaired) electrons. The van der Waals surface area contributed by atoms with Gasteiger partial charge in [-0.1, -0.05) is 13.8 Å². The van der Waals surface area contributed by atoms with Gasteiger partial charge in [0, 0.05) is 30.7 Å². The van der Waals surface area contributed by atoms with E-state index in [0.717, 1.165) is 24.1 Å². The van der Waals surface area contributed by atoms with Crippen molar-refractivity contribution >= 4 is 6.29 Å². The molecular formula is C13H15N3O. The van der Waals surface area contributed by atoms with Gasteiger partial charge in [0.05, 0.1) is 5.56 Å². The Balaban J connectivity index is 2.40. The Kier molecular flexibility index (Phi) is 3.32. The summed E-state index contributed by atoms with van der Waals surface area (Å²) in [4.78, 5) is 15.0. The van der Waals surface area contributed by atoms with Crippen molar-refractivity contribution in [2.75, 3.05) is 0 Å². The van der Waals surface area contributed by atoms with E-state index >= 15 is 0 Å². The first-order chi connectivity index (χ1) is 8.20. The first-order valence-corrected chi connectivity index (χ1v) is 5.63. The first kappa shape index (κ1) is 11.5. The third-order valence-corrected chi connectivity index (χ3v) is 2.42. The molecule has 17 heavy (non-hydrogen) atoms. The zero-order valence-electron chi connectivity index (χ0n) is 10.00. The molecule has 88 valence electrons. The van der Waals surface area contributed by atoms with E-state index in [9.17, 15) is 4.79 Å². The van der Waals surface area contributed by atoms with Crippen LogP contribution in [-0.4, -0.2) is 21.1 Å². The predicted octanol–water partition coefficient (Wildman–Crippen LogP) is 2.41. The standard InChI is InChI=1S/C13H15N3O/c1-10(2)7-16-8-12(9-17)13(15-16)11-3-5-14-6-4-11/h3-6,8-10H,7H2,1-2H3. The van der Waals surface area contributed by atoms with Gasteiger partial charge in [-0.05, 0) is 18.1 Å². The molecule has 0 aliphatic rings. The van der Waals surface area contributed by atoms with Crippen LogP contribution in [0.2, 0.25) is 0 Å². The highest BCUT2D eigenvalue weighted by atomic mass is 16.1. The fraction of sp³-hybridized carbons (Fsp3) is 0.308. The fourth-order valence-corrected chi connectivity index (χ4v) is 1.72. The van der Waals surface area contributed by atoms with Gasteiger partial charge in [0.2, 0.25) is 0 Å². The zero-order valence-corrected chi connectivity index (χ0v) is 10.00. The molecule has 0 saturated heterocycles. The van der Waals surface area contributed by atoms with E-state index in [1.807, 2.05) is 16.8 Å². The number of aldehydes is 1. The van der Waals surface area contributed by atoms with Crippen molar-refractivity contribution in [3.8, 4) is 11.3 Å².